The molecule has 0 N–H and O–H groups in total. The summed E-state index contributed by atoms with van der Waals surface area (Å²) in [4.78, 5) is 69.3. The number of fused-ring (bicyclic) bond motifs is 5. The largest absolute Gasteiger partial charge is 0.465 e. The number of ketones is 1. The Morgan fingerprint density at radius 1 is 1.00 bits per heavy atom. The highest BCUT2D eigenvalue weighted by molar-refractivity contribution is 7.17. The van der Waals surface area contributed by atoms with Crippen molar-refractivity contribution in [1.82, 2.24) is 4.90 Å². The maximum Gasteiger partial charge on any atom is 0.341 e. The van der Waals surface area contributed by atoms with Crippen LogP contribution in [0.4, 0.5) is 10.7 Å². The first kappa shape index (κ1) is 25.6. The Labute approximate surface area is 232 Å². The predicted molar refractivity (Wildman–Crippen MR) is 146 cm³/mol. The van der Waals surface area contributed by atoms with Crippen LogP contribution >= 0.6 is 11.3 Å². The molecule has 4 atom stereocenters. The van der Waals surface area contributed by atoms with Gasteiger partial charge in [0.25, 0.3) is 5.69 Å². The number of amides is 2. The Balaban J connectivity index is 1.50. The van der Waals surface area contributed by atoms with Gasteiger partial charge < -0.3 is 9.64 Å². The molecule has 4 heterocycles. The topological polar surface area (TPSA) is 127 Å². The Morgan fingerprint density at radius 2 is 1.68 bits per heavy atom. The van der Waals surface area contributed by atoms with E-state index in [0.29, 0.717) is 5.56 Å². The van der Waals surface area contributed by atoms with Gasteiger partial charge in [-0.15, -0.1) is 11.3 Å². The molecule has 0 radical (unpaired) electrons. The van der Waals surface area contributed by atoms with Gasteiger partial charge in [0.15, 0.2) is 5.78 Å². The van der Waals surface area contributed by atoms with Crippen molar-refractivity contribution < 1.29 is 28.8 Å². The number of benzene rings is 2. The molecule has 3 aromatic rings. The fourth-order valence-electron chi connectivity index (χ4n) is 6.08. The van der Waals surface area contributed by atoms with E-state index in [1.54, 1.807) is 24.9 Å². The molecule has 6 rings (SSSR count). The van der Waals surface area contributed by atoms with Crippen molar-refractivity contribution in [1.29, 1.82) is 0 Å². The fraction of sp³-hybridized carbons (Fsp3) is 0.241. The van der Waals surface area contributed by atoms with Crippen molar-refractivity contribution in [2.45, 2.75) is 25.9 Å². The third-order valence-electron chi connectivity index (χ3n) is 8.05. The number of nitro groups is 1. The van der Waals surface area contributed by atoms with E-state index in [4.69, 9.17) is 4.74 Å². The van der Waals surface area contributed by atoms with Crippen molar-refractivity contribution in [2.24, 2.45) is 11.8 Å². The van der Waals surface area contributed by atoms with Crippen LogP contribution in [0.5, 0.6) is 0 Å². The lowest BCUT2D eigenvalue weighted by atomic mass is 9.83. The van der Waals surface area contributed by atoms with Crippen LogP contribution in [0.3, 0.4) is 0 Å². The van der Waals surface area contributed by atoms with Gasteiger partial charge in [0.1, 0.15) is 11.0 Å². The zero-order chi connectivity index (χ0) is 28.5. The van der Waals surface area contributed by atoms with E-state index in [1.165, 1.54) is 31.4 Å². The number of nitro benzene ring substituents is 1. The molecule has 0 spiro atoms. The number of non-ortho nitro benzene ring substituents is 1. The van der Waals surface area contributed by atoms with Gasteiger partial charge in [-0.25, -0.2) is 9.69 Å². The summed E-state index contributed by atoms with van der Waals surface area (Å²) in [6, 6.07) is 11.1. The summed E-state index contributed by atoms with van der Waals surface area (Å²) < 4.78 is 4.97. The molecule has 40 heavy (non-hydrogen) atoms. The van der Waals surface area contributed by atoms with Crippen LogP contribution in [-0.2, 0) is 14.3 Å². The van der Waals surface area contributed by atoms with E-state index in [0.717, 1.165) is 32.2 Å². The lowest BCUT2D eigenvalue weighted by molar-refractivity contribution is -0.384. The minimum absolute atomic E-state index is 0.158. The number of Topliss-reactive ketones (excluding diaryl/α,β-unsaturated/α-hetero) is 1. The normalized spacial score (nSPS) is 22.7. The monoisotopic (exact) mass is 557 g/mol. The molecule has 202 valence electrons. The van der Waals surface area contributed by atoms with E-state index >= 15 is 0 Å². The van der Waals surface area contributed by atoms with E-state index in [-0.39, 0.29) is 21.8 Å². The van der Waals surface area contributed by atoms with E-state index < -0.39 is 52.4 Å². The number of imide groups is 1. The number of aryl methyl sites for hydroxylation is 1. The van der Waals surface area contributed by atoms with Gasteiger partial charge in [0, 0.05) is 28.8 Å². The van der Waals surface area contributed by atoms with E-state index in [9.17, 15) is 29.3 Å². The number of esters is 1. The second kappa shape index (κ2) is 9.23. The number of thiophene rings is 1. The highest BCUT2D eigenvalue weighted by Gasteiger charge is 2.65. The van der Waals surface area contributed by atoms with Gasteiger partial charge in [-0.1, -0.05) is 24.3 Å². The number of methoxy groups -OCH3 is 1. The maximum absolute atomic E-state index is 14.2. The molecule has 0 bridgehead atoms. The van der Waals surface area contributed by atoms with E-state index in [2.05, 4.69) is 0 Å². The molecule has 1 aromatic heterocycles. The van der Waals surface area contributed by atoms with Crippen LogP contribution < -0.4 is 4.90 Å². The molecule has 0 aliphatic carbocycles. The van der Waals surface area contributed by atoms with Crippen LogP contribution in [0, 0.1) is 35.8 Å². The number of carbonyl (C=O) groups is 4. The maximum atomic E-state index is 14.2. The van der Waals surface area contributed by atoms with Crippen LogP contribution in [0.15, 0.2) is 54.7 Å². The summed E-state index contributed by atoms with van der Waals surface area (Å²) in [5.41, 5.74) is 2.50. The molecule has 0 unspecified atom stereocenters. The highest BCUT2D eigenvalue weighted by Crippen LogP contribution is 2.55. The SMILES string of the molecule is COC(=O)c1c(N2C(=O)[C@@H]3[C@H](C2=O)[C@H]2c4ccccc4C=CN2[C@@H]3C(=O)c2ccc([N+](=O)[O-])cc2)sc(C)c1C. The quantitative estimate of drug-likeness (QED) is 0.148. The second-order valence-electron chi connectivity index (χ2n) is 9.97. The number of rotatable bonds is 5. The van der Waals surface area contributed by atoms with Gasteiger partial charge in [0.05, 0.1) is 35.5 Å². The van der Waals surface area contributed by atoms with Crippen molar-refractivity contribution in [3.63, 3.8) is 0 Å². The summed E-state index contributed by atoms with van der Waals surface area (Å²) in [5, 5.41) is 11.3. The minimum Gasteiger partial charge on any atom is -0.465 e. The molecule has 3 aliphatic rings. The van der Waals surface area contributed by atoms with Crippen LogP contribution in [0.1, 0.15) is 48.3 Å². The number of hydrogen-bond acceptors (Lipinski definition) is 9. The molecule has 11 heteroatoms. The molecule has 2 aromatic carbocycles. The average Bonchev–Trinajstić information content (AvgIpc) is 3.54. The number of ether oxygens (including phenoxy) is 1. The Bertz CT molecular complexity index is 1660. The zero-order valence-electron chi connectivity index (χ0n) is 21.7. The Hall–Kier alpha value is -4.64. The van der Waals surface area contributed by atoms with Crippen molar-refractivity contribution in [3.05, 3.63) is 97.5 Å². The van der Waals surface area contributed by atoms with Crippen molar-refractivity contribution >= 4 is 51.7 Å². The molecule has 2 amide bonds. The van der Waals surface area contributed by atoms with Gasteiger partial charge in [0.2, 0.25) is 11.8 Å². The van der Waals surface area contributed by atoms with Crippen molar-refractivity contribution in [2.75, 3.05) is 12.0 Å². The van der Waals surface area contributed by atoms with Crippen LogP contribution in [0.25, 0.3) is 6.08 Å². The molecular formula is C29H23N3O7S. The van der Waals surface area contributed by atoms with Crippen LogP contribution in [0.2, 0.25) is 0 Å². The van der Waals surface area contributed by atoms with Gasteiger partial charge >= 0.3 is 5.97 Å². The third-order valence-corrected chi connectivity index (χ3v) is 9.24. The molecular weight excluding hydrogens is 534 g/mol. The average molecular weight is 558 g/mol. The zero-order valence-corrected chi connectivity index (χ0v) is 22.5. The number of anilines is 1. The molecule has 2 fully saturated rings. The molecule has 3 aliphatic heterocycles. The first-order valence-electron chi connectivity index (χ1n) is 12.5. The molecule has 10 nitrogen and oxygen atoms in total. The van der Waals surface area contributed by atoms with Gasteiger partial charge in [-0.05, 0) is 48.7 Å². The third kappa shape index (κ3) is 3.54. The number of hydrogen-bond donors (Lipinski definition) is 0. The smallest absolute Gasteiger partial charge is 0.341 e. The lowest BCUT2D eigenvalue weighted by Crippen LogP contribution is -2.44. The summed E-state index contributed by atoms with van der Waals surface area (Å²) in [6.45, 7) is 3.53. The second-order valence-corrected chi connectivity index (χ2v) is 11.2. The summed E-state index contributed by atoms with van der Waals surface area (Å²) in [7, 11) is 1.24. The fourth-order valence-corrected chi connectivity index (χ4v) is 7.24. The summed E-state index contributed by atoms with van der Waals surface area (Å²) in [5.74, 6) is -4.06. The first-order valence-corrected chi connectivity index (χ1v) is 13.4. The number of nitrogens with zero attached hydrogens (tertiary/aromatic N) is 3. The molecule has 2 saturated heterocycles. The summed E-state index contributed by atoms with van der Waals surface area (Å²) >= 11 is 1.16. The van der Waals surface area contributed by atoms with E-state index in [1.807, 2.05) is 30.3 Å². The first-order chi connectivity index (χ1) is 19.1. The predicted octanol–water partition coefficient (Wildman–Crippen LogP) is 4.46. The van der Waals surface area contributed by atoms with Crippen molar-refractivity contribution in [3.8, 4) is 0 Å². The Morgan fingerprint density at radius 3 is 2.35 bits per heavy atom. The summed E-state index contributed by atoms with van der Waals surface area (Å²) in [6.07, 6.45) is 3.58. The molecule has 0 saturated carbocycles. The standard InChI is InChI=1S/C29H23N3O7S/c1-14-15(2)40-28(20(14)29(36)39-3)31-26(34)21-22(27(31)35)24(25(33)17-8-10-18(11-9-17)32(37)38)30-13-12-16-6-4-5-7-19(16)23(21)30/h4-13,21-24H,1-3H3/t21-,22+,23+,24-/m0/s1. The van der Waals surface area contributed by atoms with Crippen LogP contribution in [-0.4, -0.2) is 46.5 Å². The Kier molecular flexibility index (Phi) is 5.91. The van der Waals surface area contributed by atoms with Gasteiger partial charge in [-0.2, -0.15) is 0 Å². The minimum atomic E-state index is -1.04. The highest BCUT2D eigenvalue weighted by atomic mass is 32.1. The number of carbonyl (C=O) groups excluding carboxylic acids is 4. The lowest BCUT2D eigenvalue weighted by Gasteiger charge is -2.35. The van der Waals surface area contributed by atoms with Gasteiger partial charge in [-0.3, -0.25) is 24.5 Å².